The summed E-state index contributed by atoms with van der Waals surface area (Å²) in [4.78, 5) is 61.7. The van der Waals surface area contributed by atoms with Crippen molar-refractivity contribution >= 4 is 56.0 Å². The predicted octanol–water partition coefficient (Wildman–Crippen LogP) is 5.19. The van der Waals surface area contributed by atoms with Crippen molar-refractivity contribution in [1.29, 1.82) is 0 Å². The largest absolute Gasteiger partial charge is 0.501 e. The average Bonchev–Trinajstić information content (AvgIpc) is 3.08. The Morgan fingerprint density at radius 1 is 0.755 bits per heavy atom. The Kier molecular flexibility index (Phi) is 17.0. The highest BCUT2D eigenvalue weighted by atomic mass is 79.9. The minimum atomic E-state index is -4.85. The zero-order chi connectivity index (χ0) is 39.1. The number of alkyl halides is 1. The number of ketones is 1. The maximum Gasteiger partial charge on any atom is 0.501 e. The van der Waals surface area contributed by atoms with Crippen LogP contribution in [0.5, 0.6) is 17.2 Å². The van der Waals surface area contributed by atoms with Gasteiger partial charge in [0, 0.05) is 64.1 Å². The number of carbonyl (C=O) groups excluding carboxylic acids is 5. The van der Waals surface area contributed by atoms with E-state index < -0.39 is 70.4 Å². The maximum absolute atomic E-state index is 13.2. The predicted molar refractivity (Wildman–Crippen MR) is 191 cm³/mol. The lowest BCUT2D eigenvalue weighted by Crippen LogP contribution is -2.60. The van der Waals surface area contributed by atoms with E-state index in [0.717, 1.165) is 39.2 Å². The van der Waals surface area contributed by atoms with E-state index in [1.807, 2.05) is 6.92 Å². The van der Waals surface area contributed by atoms with E-state index in [2.05, 4.69) is 15.9 Å². The van der Waals surface area contributed by atoms with Crippen LogP contribution in [0.1, 0.15) is 82.6 Å². The van der Waals surface area contributed by atoms with E-state index in [1.54, 1.807) is 12.1 Å². The summed E-state index contributed by atoms with van der Waals surface area (Å²) >= 11 is 3.32. The highest BCUT2D eigenvalue weighted by Gasteiger charge is 2.52. The molecule has 15 nitrogen and oxygen atoms in total. The minimum Gasteiger partial charge on any atom is -0.482 e. The van der Waals surface area contributed by atoms with Crippen molar-refractivity contribution in [2.75, 3.05) is 19.8 Å². The number of unbranched alkanes of at least 4 members (excludes halogenated alkanes) is 1. The quantitative estimate of drug-likeness (QED) is 0.0556. The van der Waals surface area contributed by atoms with E-state index in [1.165, 1.54) is 37.3 Å². The van der Waals surface area contributed by atoms with Crippen LogP contribution in [0.3, 0.4) is 0 Å². The van der Waals surface area contributed by atoms with Crippen LogP contribution in [-0.4, -0.2) is 82.3 Å². The lowest BCUT2D eigenvalue weighted by molar-refractivity contribution is -0.213. The Hall–Kier alpha value is -4.22. The lowest BCUT2D eigenvalue weighted by Gasteiger charge is -2.44. The van der Waals surface area contributed by atoms with E-state index in [0.29, 0.717) is 25.0 Å². The molecule has 1 aliphatic rings. The standard InChI is InChI=1S/C36H45BrO15S/c1-6-7-16-45-17-8-9-30(42)27-12-15-31(32(18-27)52-53(43,44)51-29-13-10-26(20-37)11-14-29)50-33-19-28(21-46-22(2)38)34(47-23(3)39)36(49-25(5)41)35(33)48-24(4)40/h10-15,18,28,33-36H,6-9,16-17,19-21H2,1-5H3/t28-,33?,34+,35+,36+/m1/s1. The van der Waals surface area contributed by atoms with Crippen molar-refractivity contribution in [2.45, 2.75) is 96.5 Å². The molecule has 0 aromatic heterocycles. The molecule has 1 unspecified atom stereocenters. The van der Waals surface area contributed by atoms with Gasteiger partial charge in [-0.2, -0.15) is 0 Å². The van der Waals surface area contributed by atoms with Gasteiger partial charge in [-0.1, -0.05) is 41.4 Å². The first-order chi connectivity index (χ1) is 25.1. The highest BCUT2D eigenvalue weighted by Crippen LogP contribution is 2.38. The molecular formula is C36H45BrO15S. The van der Waals surface area contributed by atoms with Crippen LogP contribution in [0.4, 0.5) is 0 Å². The van der Waals surface area contributed by atoms with Gasteiger partial charge in [0.1, 0.15) is 18.0 Å². The minimum absolute atomic E-state index is 0.0521. The number of Topliss-reactive ketones (excluding diaryl/α,β-unsaturated/α-hetero) is 1. The van der Waals surface area contributed by atoms with Crippen molar-refractivity contribution in [3.8, 4) is 17.2 Å². The van der Waals surface area contributed by atoms with E-state index in [9.17, 15) is 32.4 Å². The number of halogens is 1. The zero-order valence-electron chi connectivity index (χ0n) is 30.2. The molecule has 0 bridgehead atoms. The number of hydrogen-bond acceptors (Lipinski definition) is 15. The molecule has 53 heavy (non-hydrogen) atoms. The van der Waals surface area contributed by atoms with Crippen LogP contribution >= 0.6 is 15.9 Å². The number of hydrogen-bond donors (Lipinski definition) is 0. The normalized spacial score (nSPS) is 19.7. The van der Waals surface area contributed by atoms with Gasteiger partial charge in [0.15, 0.2) is 29.5 Å². The molecule has 0 saturated heterocycles. The molecule has 0 heterocycles. The Balaban J connectivity index is 2.04. The van der Waals surface area contributed by atoms with Crippen LogP contribution in [0.25, 0.3) is 0 Å². The Labute approximate surface area is 317 Å². The van der Waals surface area contributed by atoms with Gasteiger partial charge < -0.3 is 36.8 Å². The molecule has 1 fully saturated rings. The number of rotatable bonds is 20. The fourth-order valence-electron chi connectivity index (χ4n) is 5.46. The highest BCUT2D eigenvalue weighted by molar-refractivity contribution is 9.08. The number of ether oxygens (including phenoxy) is 6. The first-order valence-electron chi connectivity index (χ1n) is 17.0. The van der Waals surface area contributed by atoms with Gasteiger partial charge in [-0.15, -0.1) is 8.42 Å². The average molecular weight is 830 g/mol. The molecule has 1 saturated carbocycles. The monoisotopic (exact) mass is 828 g/mol. The topological polar surface area (TPSA) is 193 Å². The third-order valence-electron chi connectivity index (χ3n) is 7.77. The Morgan fingerprint density at radius 2 is 1.38 bits per heavy atom. The SMILES string of the molecule is CCCCOCCCC(=O)c1ccc(OC2C[C@H](COC(C)=O)[C@H](OC(C)=O)[C@H](OC(C)=O)[C@H]2OC(C)=O)c(OS(=O)(=O)Oc2ccc(CBr)cc2)c1. The van der Waals surface area contributed by atoms with E-state index in [-0.39, 0.29) is 42.3 Å². The van der Waals surface area contributed by atoms with Gasteiger partial charge in [0.05, 0.1) is 6.61 Å². The van der Waals surface area contributed by atoms with Crippen molar-refractivity contribution in [1.82, 2.24) is 0 Å². The fraction of sp³-hybridized carbons (Fsp3) is 0.528. The van der Waals surface area contributed by atoms with E-state index in [4.69, 9.17) is 36.8 Å². The summed E-state index contributed by atoms with van der Waals surface area (Å²) in [5.74, 6) is -4.94. The van der Waals surface area contributed by atoms with Gasteiger partial charge in [-0.25, -0.2) is 0 Å². The summed E-state index contributed by atoms with van der Waals surface area (Å²) in [6.07, 6.45) is -3.10. The Bertz CT molecular complexity index is 1680. The van der Waals surface area contributed by atoms with E-state index >= 15 is 0 Å². The van der Waals surface area contributed by atoms with Crippen molar-refractivity contribution in [3.05, 3.63) is 53.6 Å². The molecule has 0 radical (unpaired) electrons. The third kappa shape index (κ3) is 14.3. The maximum atomic E-state index is 13.2. The molecule has 2 aromatic carbocycles. The fourth-order valence-corrected chi connectivity index (χ4v) is 6.57. The molecule has 0 aliphatic heterocycles. The van der Waals surface area contributed by atoms with Crippen molar-refractivity contribution in [2.24, 2.45) is 5.92 Å². The molecule has 2 aromatic rings. The molecule has 17 heteroatoms. The molecule has 292 valence electrons. The molecule has 0 N–H and O–H groups in total. The Morgan fingerprint density at radius 3 is 1.98 bits per heavy atom. The molecule has 0 amide bonds. The van der Waals surface area contributed by atoms with Crippen molar-refractivity contribution < 1.29 is 69.2 Å². The van der Waals surface area contributed by atoms with Crippen LogP contribution in [0.2, 0.25) is 0 Å². The van der Waals surface area contributed by atoms with Crippen molar-refractivity contribution in [3.63, 3.8) is 0 Å². The van der Waals surface area contributed by atoms with Crippen LogP contribution < -0.4 is 13.1 Å². The summed E-state index contributed by atoms with van der Waals surface area (Å²) in [6, 6.07) is 10.0. The lowest BCUT2D eigenvalue weighted by atomic mass is 9.80. The summed E-state index contributed by atoms with van der Waals surface area (Å²) < 4.78 is 70.7. The van der Waals surface area contributed by atoms with Gasteiger partial charge >= 0.3 is 34.3 Å². The molecule has 3 rings (SSSR count). The first-order valence-corrected chi connectivity index (χ1v) is 19.4. The molecule has 0 spiro atoms. The summed E-state index contributed by atoms with van der Waals surface area (Å²) in [7, 11) is -4.85. The summed E-state index contributed by atoms with van der Waals surface area (Å²) in [5.41, 5.74) is 0.955. The number of carbonyl (C=O) groups is 5. The van der Waals surface area contributed by atoms with Gasteiger partial charge in [0.2, 0.25) is 0 Å². The number of esters is 4. The summed E-state index contributed by atoms with van der Waals surface area (Å²) in [6.45, 7) is 7.16. The second kappa shape index (κ2) is 20.9. The summed E-state index contributed by atoms with van der Waals surface area (Å²) in [5, 5.41) is 0.528. The molecular weight excluding hydrogens is 784 g/mol. The van der Waals surface area contributed by atoms with Gasteiger partial charge in [0.25, 0.3) is 0 Å². The third-order valence-corrected chi connectivity index (χ3v) is 9.19. The van der Waals surface area contributed by atoms with Crippen LogP contribution in [-0.2, 0) is 58.6 Å². The molecule has 5 atom stereocenters. The van der Waals surface area contributed by atoms with Gasteiger partial charge in [-0.05, 0) is 55.2 Å². The second-order valence-electron chi connectivity index (χ2n) is 12.2. The number of benzene rings is 2. The van der Waals surface area contributed by atoms with Gasteiger partial charge in [-0.3, -0.25) is 24.0 Å². The zero-order valence-corrected chi connectivity index (χ0v) is 32.6. The van der Waals surface area contributed by atoms with Crippen LogP contribution in [0.15, 0.2) is 42.5 Å². The second-order valence-corrected chi connectivity index (χ2v) is 13.9. The smallest absolute Gasteiger partial charge is 0.482 e. The van der Waals surface area contributed by atoms with Crippen LogP contribution in [0, 0.1) is 5.92 Å². The molecule has 1 aliphatic carbocycles. The first kappa shape index (κ1) is 43.2.